The number of pyridine rings is 1. The van der Waals surface area contributed by atoms with Crippen molar-refractivity contribution in [2.45, 2.75) is 0 Å². The van der Waals surface area contributed by atoms with Gasteiger partial charge in [-0.25, -0.2) is 13.1 Å². The Labute approximate surface area is 112 Å². The summed E-state index contributed by atoms with van der Waals surface area (Å²) in [7, 11) is -1.80. The van der Waals surface area contributed by atoms with Crippen molar-refractivity contribution in [3.8, 4) is 0 Å². The molecule has 0 aliphatic carbocycles. The highest BCUT2D eigenvalue weighted by Gasteiger charge is 2.08. The average molecular weight is 280 g/mol. The molecule has 2 rings (SSSR count). The third-order valence-corrected chi connectivity index (χ3v) is 4.16. The van der Waals surface area contributed by atoms with Gasteiger partial charge >= 0.3 is 0 Å². The molecule has 0 saturated carbocycles. The number of aromatic nitrogens is 1. The van der Waals surface area contributed by atoms with Crippen molar-refractivity contribution in [1.29, 1.82) is 0 Å². The van der Waals surface area contributed by atoms with Crippen LogP contribution in [-0.4, -0.2) is 32.7 Å². The van der Waals surface area contributed by atoms with E-state index in [1.54, 1.807) is 18.3 Å². The standard InChI is InChI=1S/C12H16N4O2S/c1-14-19(17,18)8-7-15-11-5-6-16-12-9(11)3-2-4-10(12)13/h2-6,14H,7-8,13H2,1H3,(H,15,16). The molecule has 19 heavy (non-hydrogen) atoms. The molecule has 2 aromatic rings. The van der Waals surface area contributed by atoms with Crippen molar-refractivity contribution in [2.75, 3.05) is 30.4 Å². The molecule has 1 aromatic heterocycles. The molecular formula is C12H16N4O2S. The first kappa shape index (κ1) is 13.6. The molecule has 0 atom stereocenters. The maximum atomic E-state index is 11.3. The van der Waals surface area contributed by atoms with Gasteiger partial charge in [0.05, 0.1) is 17.0 Å². The fraction of sp³-hybridized carbons (Fsp3) is 0.250. The SMILES string of the molecule is CNS(=O)(=O)CCNc1ccnc2c(N)cccc12. The third kappa shape index (κ3) is 3.12. The molecular weight excluding hydrogens is 264 g/mol. The van der Waals surface area contributed by atoms with Crippen LogP contribution in [0.15, 0.2) is 30.5 Å². The van der Waals surface area contributed by atoms with Crippen molar-refractivity contribution in [2.24, 2.45) is 0 Å². The number of anilines is 2. The van der Waals surface area contributed by atoms with E-state index >= 15 is 0 Å². The summed E-state index contributed by atoms with van der Waals surface area (Å²) in [5.41, 5.74) is 7.98. The number of hydrogen-bond donors (Lipinski definition) is 3. The summed E-state index contributed by atoms with van der Waals surface area (Å²) < 4.78 is 24.9. The van der Waals surface area contributed by atoms with Gasteiger partial charge in [0, 0.05) is 23.8 Å². The first-order valence-corrected chi connectivity index (χ1v) is 7.47. The Balaban J connectivity index is 2.20. The maximum absolute atomic E-state index is 11.3. The Morgan fingerprint density at radius 3 is 2.84 bits per heavy atom. The molecule has 0 saturated heterocycles. The van der Waals surface area contributed by atoms with E-state index in [1.165, 1.54) is 7.05 Å². The summed E-state index contributed by atoms with van der Waals surface area (Å²) in [5.74, 6) is 0.00956. The highest BCUT2D eigenvalue weighted by Crippen LogP contribution is 2.25. The number of rotatable bonds is 5. The fourth-order valence-electron chi connectivity index (χ4n) is 1.78. The molecule has 0 aliphatic heterocycles. The second-order valence-corrected chi connectivity index (χ2v) is 6.10. The summed E-state index contributed by atoms with van der Waals surface area (Å²) in [6, 6.07) is 7.32. The van der Waals surface area contributed by atoms with Crippen molar-refractivity contribution in [3.05, 3.63) is 30.5 Å². The van der Waals surface area contributed by atoms with Gasteiger partial charge in [-0.2, -0.15) is 0 Å². The van der Waals surface area contributed by atoms with Gasteiger partial charge in [0.1, 0.15) is 0 Å². The van der Waals surface area contributed by atoms with E-state index in [0.717, 1.165) is 11.1 Å². The maximum Gasteiger partial charge on any atom is 0.213 e. The minimum absolute atomic E-state index is 0.00956. The van der Waals surface area contributed by atoms with Crippen molar-refractivity contribution < 1.29 is 8.42 Å². The summed E-state index contributed by atoms with van der Waals surface area (Å²) in [6.07, 6.45) is 1.65. The minimum Gasteiger partial charge on any atom is -0.397 e. The lowest BCUT2D eigenvalue weighted by atomic mass is 10.1. The van der Waals surface area contributed by atoms with Crippen LogP contribution >= 0.6 is 0 Å². The molecule has 0 fully saturated rings. The fourth-order valence-corrected chi connectivity index (χ4v) is 2.35. The normalized spacial score (nSPS) is 11.6. The molecule has 0 bridgehead atoms. The zero-order chi connectivity index (χ0) is 13.9. The number of sulfonamides is 1. The lowest BCUT2D eigenvalue weighted by Gasteiger charge is -2.10. The first-order chi connectivity index (χ1) is 9.03. The molecule has 6 nitrogen and oxygen atoms in total. The second-order valence-electron chi connectivity index (χ2n) is 4.05. The van der Waals surface area contributed by atoms with Gasteiger partial charge in [0.15, 0.2) is 0 Å². The van der Waals surface area contributed by atoms with Crippen molar-refractivity contribution in [3.63, 3.8) is 0 Å². The first-order valence-electron chi connectivity index (χ1n) is 5.82. The van der Waals surface area contributed by atoms with Crippen LogP contribution in [0.5, 0.6) is 0 Å². The molecule has 0 spiro atoms. The summed E-state index contributed by atoms with van der Waals surface area (Å²) in [5, 5.41) is 3.97. The molecule has 1 heterocycles. The number of nitrogens with zero attached hydrogens (tertiary/aromatic N) is 1. The van der Waals surface area contributed by atoms with Gasteiger partial charge in [-0.15, -0.1) is 0 Å². The van der Waals surface area contributed by atoms with E-state index < -0.39 is 10.0 Å². The number of para-hydroxylation sites is 1. The van der Waals surface area contributed by atoms with E-state index in [4.69, 9.17) is 5.73 Å². The molecule has 0 unspecified atom stereocenters. The Morgan fingerprint density at radius 2 is 2.11 bits per heavy atom. The van der Waals surface area contributed by atoms with Crippen LogP contribution in [0.4, 0.5) is 11.4 Å². The second kappa shape index (κ2) is 5.41. The van der Waals surface area contributed by atoms with Crippen LogP contribution in [0.1, 0.15) is 0 Å². The van der Waals surface area contributed by atoms with Gasteiger partial charge in [-0.3, -0.25) is 4.98 Å². The van der Waals surface area contributed by atoms with Crippen LogP contribution in [0, 0.1) is 0 Å². The zero-order valence-electron chi connectivity index (χ0n) is 10.6. The van der Waals surface area contributed by atoms with E-state index in [2.05, 4.69) is 15.0 Å². The van der Waals surface area contributed by atoms with Gasteiger partial charge < -0.3 is 11.1 Å². The Kier molecular flexibility index (Phi) is 3.87. The van der Waals surface area contributed by atoms with Crippen LogP contribution in [0.2, 0.25) is 0 Å². The Bertz CT molecular complexity index is 685. The Hall–Kier alpha value is -1.86. The minimum atomic E-state index is -3.20. The van der Waals surface area contributed by atoms with E-state index in [-0.39, 0.29) is 5.75 Å². The predicted octanol–water partition coefficient (Wildman–Crippen LogP) is 0.778. The molecule has 7 heteroatoms. The molecule has 102 valence electrons. The lowest BCUT2D eigenvalue weighted by molar-refractivity contribution is 0.588. The van der Waals surface area contributed by atoms with Crippen LogP contribution in [-0.2, 0) is 10.0 Å². The number of benzene rings is 1. The third-order valence-electron chi connectivity index (χ3n) is 2.80. The van der Waals surface area contributed by atoms with Crippen molar-refractivity contribution in [1.82, 2.24) is 9.71 Å². The average Bonchev–Trinajstić information content (AvgIpc) is 2.40. The monoisotopic (exact) mass is 280 g/mol. The van der Waals surface area contributed by atoms with E-state index in [1.807, 2.05) is 12.1 Å². The number of fused-ring (bicyclic) bond motifs is 1. The highest BCUT2D eigenvalue weighted by molar-refractivity contribution is 7.89. The van der Waals surface area contributed by atoms with E-state index in [9.17, 15) is 8.42 Å². The van der Waals surface area contributed by atoms with E-state index in [0.29, 0.717) is 17.7 Å². The number of nitrogen functional groups attached to an aromatic ring is 1. The highest BCUT2D eigenvalue weighted by atomic mass is 32.2. The van der Waals surface area contributed by atoms with Crippen LogP contribution < -0.4 is 15.8 Å². The van der Waals surface area contributed by atoms with Crippen LogP contribution in [0.3, 0.4) is 0 Å². The molecule has 0 aliphatic rings. The smallest absolute Gasteiger partial charge is 0.213 e. The topological polar surface area (TPSA) is 97.1 Å². The predicted molar refractivity (Wildman–Crippen MR) is 77.5 cm³/mol. The Morgan fingerprint density at radius 1 is 1.32 bits per heavy atom. The molecule has 1 aromatic carbocycles. The summed E-state index contributed by atoms with van der Waals surface area (Å²) in [4.78, 5) is 4.22. The van der Waals surface area contributed by atoms with Crippen molar-refractivity contribution >= 4 is 32.3 Å². The zero-order valence-corrected chi connectivity index (χ0v) is 11.4. The molecule has 0 radical (unpaired) electrons. The number of nitrogens with two attached hydrogens (primary N) is 1. The number of hydrogen-bond acceptors (Lipinski definition) is 5. The molecule has 0 amide bonds. The summed E-state index contributed by atoms with van der Waals surface area (Å²) in [6.45, 7) is 0.317. The summed E-state index contributed by atoms with van der Waals surface area (Å²) >= 11 is 0. The van der Waals surface area contributed by atoms with Gasteiger partial charge in [-0.1, -0.05) is 12.1 Å². The van der Waals surface area contributed by atoms with Crippen LogP contribution in [0.25, 0.3) is 10.9 Å². The molecule has 4 N–H and O–H groups in total. The van der Waals surface area contributed by atoms with Gasteiger partial charge in [-0.05, 0) is 19.2 Å². The van der Waals surface area contributed by atoms with Gasteiger partial charge in [0.25, 0.3) is 0 Å². The number of nitrogens with one attached hydrogen (secondary N) is 2. The largest absolute Gasteiger partial charge is 0.397 e. The quantitative estimate of drug-likeness (QED) is 0.703. The lowest BCUT2D eigenvalue weighted by Crippen LogP contribution is -2.26. The van der Waals surface area contributed by atoms with Gasteiger partial charge in [0.2, 0.25) is 10.0 Å².